The second-order valence-electron chi connectivity index (χ2n) is 6.00. The van der Waals surface area contributed by atoms with Gasteiger partial charge in [0.05, 0.1) is 5.60 Å². The Bertz CT molecular complexity index is 379. The number of nitrogens with one attached hydrogen (secondary N) is 1. The minimum atomic E-state index is 0.0381. The van der Waals surface area contributed by atoms with Gasteiger partial charge >= 0.3 is 0 Å². The van der Waals surface area contributed by atoms with Crippen LogP contribution in [0.5, 0.6) is 0 Å². The summed E-state index contributed by atoms with van der Waals surface area (Å²) in [4.78, 5) is 0. The van der Waals surface area contributed by atoms with E-state index in [0.29, 0.717) is 6.04 Å². The summed E-state index contributed by atoms with van der Waals surface area (Å²) in [5.41, 5.74) is 2.84. The van der Waals surface area contributed by atoms with Crippen LogP contribution in [0.1, 0.15) is 57.2 Å². The first-order valence-corrected chi connectivity index (χ1v) is 7.59. The maximum Gasteiger partial charge on any atom is 0.0779 e. The van der Waals surface area contributed by atoms with Crippen LogP contribution in [0.25, 0.3) is 0 Å². The Hall–Kier alpha value is -0.860. The van der Waals surface area contributed by atoms with Crippen molar-refractivity contribution in [3.8, 4) is 0 Å². The lowest BCUT2D eigenvalue weighted by molar-refractivity contribution is 0.0191. The zero-order valence-corrected chi connectivity index (χ0v) is 12.5. The van der Waals surface area contributed by atoms with Crippen molar-refractivity contribution in [1.29, 1.82) is 0 Å². The lowest BCUT2D eigenvalue weighted by Gasteiger charge is -2.26. The van der Waals surface area contributed by atoms with Crippen molar-refractivity contribution >= 4 is 0 Å². The van der Waals surface area contributed by atoms with E-state index in [4.69, 9.17) is 4.74 Å². The maximum absolute atomic E-state index is 5.82. The molecule has 0 aliphatic carbocycles. The largest absolute Gasteiger partial charge is 0.374 e. The van der Waals surface area contributed by atoms with Gasteiger partial charge in [0.2, 0.25) is 0 Å². The molecule has 0 amide bonds. The fourth-order valence-corrected chi connectivity index (χ4v) is 2.72. The molecule has 0 spiro atoms. The first-order chi connectivity index (χ1) is 9.13. The smallest absolute Gasteiger partial charge is 0.0779 e. The molecule has 2 nitrogen and oxygen atoms in total. The van der Waals surface area contributed by atoms with Gasteiger partial charge in [-0.2, -0.15) is 0 Å². The van der Waals surface area contributed by atoms with Crippen LogP contribution in [0.4, 0.5) is 0 Å². The van der Waals surface area contributed by atoms with Crippen molar-refractivity contribution < 1.29 is 4.74 Å². The van der Waals surface area contributed by atoms with Crippen molar-refractivity contribution in [3.63, 3.8) is 0 Å². The number of rotatable bonds is 6. The summed E-state index contributed by atoms with van der Waals surface area (Å²) in [7, 11) is 0. The molecule has 1 aliphatic heterocycles. The molecule has 2 heteroatoms. The summed E-state index contributed by atoms with van der Waals surface area (Å²) in [5, 5.41) is 3.61. The van der Waals surface area contributed by atoms with E-state index in [0.717, 1.165) is 13.2 Å². The molecular weight excluding hydrogens is 234 g/mol. The third kappa shape index (κ3) is 4.05. The third-order valence-electron chi connectivity index (χ3n) is 4.10. The zero-order valence-electron chi connectivity index (χ0n) is 12.5. The van der Waals surface area contributed by atoms with Gasteiger partial charge in [0.15, 0.2) is 0 Å². The standard InChI is InChI=1S/C17H27NO/c1-4-6-15-7-9-16(10-8-15)14(2)18-13-17(3)11-5-12-19-17/h7-10,14,18H,4-6,11-13H2,1-3H3. The van der Waals surface area contributed by atoms with E-state index in [1.165, 1.54) is 36.8 Å². The van der Waals surface area contributed by atoms with E-state index in [-0.39, 0.29) is 5.60 Å². The van der Waals surface area contributed by atoms with Gasteiger partial charge in [0, 0.05) is 19.2 Å². The number of aryl methyl sites for hydroxylation is 1. The minimum Gasteiger partial charge on any atom is -0.374 e. The van der Waals surface area contributed by atoms with Crippen molar-refractivity contribution in [2.75, 3.05) is 13.2 Å². The van der Waals surface area contributed by atoms with Crippen LogP contribution in [-0.4, -0.2) is 18.8 Å². The Morgan fingerprint density at radius 1 is 1.32 bits per heavy atom. The van der Waals surface area contributed by atoms with Gasteiger partial charge in [0.1, 0.15) is 0 Å². The maximum atomic E-state index is 5.82. The summed E-state index contributed by atoms with van der Waals surface area (Å²) >= 11 is 0. The molecule has 2 unspecified atom stereocenters. The van der Waals surface area contributed by atoms with Crippen molar-refractivity contribution in [3.05, 3.63) is 35.4 Å². The Labute approximate surface area is 117 Å². The fraction of sp³-hybridized carbons (Fsp3) is 0.647. The average Bonchev–Trinajstić information content (AvgIpc) is 2.85. The van der Waals surface area contributed by atoms with E-state index >= 15 is 0 Å². The van der Waals surface area contributed by atoms with E-state index in [9.17, 15) is 0 Å². The Morgan fingerprint density at radius 2 is 2.05 bits per heavy atom. The third-order valence-corrected chi connectivity index (χ3v) is 4.10. The molecular formula is C17H27NO. The van der Waals surface area contributed by atoms with Crippen LogP contribution in [0, 0.1) is 0 Å². The molecule has 0 saturated carbocycles. The van der Waals surface area contributed by atoms with Crippen molar-refractivity contribution in [2.24, 2.45) is 0 Å². The minimum absolute atomic E-state index is 0.0381. The molecule has 2 rings (SSSR count). The van der Waals surface area contributed by atoms with Crippen LogP contribution in [-0.2, 0) is 11.2 Å². The second kappa shape index (κ2) is 6.53. The summed E-state index contributed by atoms with van der Waals surface area (Å²) in [5.74, 6) is 0. The molecule has 106 valence electrons. The van der Waals surface area contributed by atoms with Gasteiger partial charge in [-0.15, -0.1) is 0 Å². The normalized spacial score (nSPS) is 24.6. The first-order valence-electron chi connectivity index (χ1n) is 7.59. The molecule has 1 saturated heterocycles. The summed E-state index contributed by atoms with van der Waals surface area (Å²) < 4.78 is 5.82. The molecule has 1 heterocycles. The molecule has 1 N–H and O–H groups in total. The molecule has 0 bridgehead atoms. The lowest BCUT2D eigenvalue weighted by Crippen LogP contribution is -2.38. The first kappa shape index (κ1) is 14.5. The number of hydrogen-bond donors (Lipinski definition) is 1. The number of ether oxygens (including phenoxy) is 1. The van der Waals surface area contributed by atoms with Crippen LogP contribution in [0.2, 0.25) is 0 Å². The average molecular weight is 261 g/mol. The van der Waals surface area contributed by atoms with Crippen LogP contribution in [0.15, 0.2) is 24.3 Å². The van der Waals surface area contributed by atoms with E-state index < -0.39 is 0 Å². The molecule has 19 heavy (non-hydrogen) atoms. The predicted molar refractivity (Wildman–Crippen MR) is 80.4 cm³/mol. The number of benzene rings is 1. The summed E-state index contributed by atoms with van der Waals surface area (Å²) in [6.07, 6.45) is 4.75. The highest BCUT2D eigenvalue weighted by Crippen LogP contribution is 2.25. The van der Waals surface area contributed by atoms with Gasteiger partial charge in [0.25, 0.3) is 0 Å². The topological polar surface area (TPSA) is 21.3 Å². The van der Waals surface area contributed by atoms with Gasteiger partial charge in [-0.3, -0.25) is 0 Å². The molecule has 1 aromatic rings. The molecule has 1 aliphatic rings. The van der Waals surface area contributed by atoms with E-state index in [1.807, 2.05) is 0 Å². The highest BCUT2D eigenvalue weighted by Gasteiger charge is 2.29. The van der Waals surface area contributed by atoms with Crippen molar-refractivity contribution in [1.82, 2.24) is 5.32 Å². The summed E-state index contributed by atoms with van der Waals surface area (Å²) in [6, 6.07) is 9.40. The SMILES string of the molecule is CCCc1ccc(C(C)NCC2(C)CCCO2)cc1. The monoisotopic (exact) mass is 261 g/mol. The quantitative estimate of drug-likeness (QED) is 0.839. The molecule has 1 fully saturated rings. The summed E-state index contributed by atoms with van der Waals surface area (Å²) in [6.45, 7) is 8.51. The molecule has 2 atom stereocenters. The van der Waals surface area contributed by atoms with E-state index in [1.54, 1.807) is 0 Å². The van der Waals surface area contributed by atoms with Crippen LogP contribution >= 0.6 is 0 Å². The van der Waals surface area contributed by atoms with E-state index in [2.05, 4.69) is 50.4 Å². The van der Waals surface area contributed by atoms with Crippen molar-refractivity contribution in [2.45, 2.75) is 58.1 Å². The lowest BCUT2D eigenvalue weighted by atomic mass is 10.0. The fourth-order valence-electron chi connectivity index (χ4n) is 2.72. The highest BCUT2D eigenvalue weighted by molar-refractivity contribution is 5.24. The van der Waals surface area contributed by atoms with Crippen LogP contribution in [0.3, 0.4) is 0 Å². The molecule has 0 aromatic heterocycles. The van der Waals surface area contributed by atoms with Gasteiger partial charge in [-0.05, 0) is 44.2 Å². The Balaban J connectivity index is 1.86. The highest BCUT2D eigenvalue weighted by atomic mass is 16.5. The van der Waals surface area contributed by atoms with Crippen LogP contribution < -0.4 is 5.32 Å². The molecule has 0 radical (unpaired) electrons. The Kier molecular flexibility index (Phi) is 5.00. The Morgan fingerprint density at radius 3 is 2.63 bits per heavy atom. The van der Waals surface area contributed by atoms with Gasteiger partial charge in [-0.1, -0.05) is 37.6 Å². The van der Waals surface area contributed by atoms with Gasteiger partial charge in [-0.25, -0.2) is 0 Å². The number of hydrogen-bond acceptors (Lipinski definition) is 2. The van der Waals surface area contributed by atoms with Gasteiger partial charge < -0.3 is 10.1 Å². The predicted octanol–water partition coefficient (Wildman–Crippen LogP) is 3.86. The molecule has 1 aromatic carbocycles. The second-order valence-corrected chi connectivity index (χ2v) is 6.00. The zero-order chi connectivity index (χ0) is 13.7.